The first kappa shape index (κ1) is 11.2. The molecule has 80 valence electrons. The van der Waals surface area contributed by atoms with E-state index in [-0.39, 0.29) is 0 Å². The van der Waals surface area contributed by atoms with E-state index >= 15 is 0 Å². The fourth-order valence-electron chi connectivity index (χ4n) is 1.62. The van der Waals surface area contributed by atoms with Crippen molar-refractivity contribution in [3.63, 3.8) is 0 Å². The highest BCUT2D eigenvalue weighted by molar-refractivity contribution is 5.10. The number of aromatic nitrogens is 2. The van der Waals surface area contributed by atoms with E-state index in [9.17, 15) is 0 Å². The Bertz CT molecular complexity index is 283. The maximum atomic E-state index is 4.19. The van der Waals surface area contributed by atoms with E-state index in [1.807, 2.05) is 25.0 Å². The third-order valence-electron chi connectivity index (χ3n) is 2.29. The van der Waals surface area contributed by atoms with Crippen molar-refractivity contribution in [2.75, 3.05) is 7.05 Å². The van der Waals surface area contributed by atoms with E-state index in [1.165, 1.54) is 5.56 Å². The number of aryl methyl sites for hydroxylation is 1. The minimum Gasteiger partial charge on any atom is -0.313 e. The first-order chi connectivity index (χ1) is 6.42. The molecule has 0 spiro atoms. The van der Waals surface area contributed by atoms with Gasteiger partial charge in [-0.2, -0.15) is 5.10 Å². The van der Waals surface area contributed by atoms with Gasteiger partial charge in [-0.1, -0.05) is 20.8 Å². The Hall–Kier alpha value is -0.830. The normalized spacial score (nSPS) is 14.4. The molecule has 0 fully saturated rings. The van der Waals surface area contributed by atoms with Crippen LogP contribution in [0.1, 0.15) is 38.8 Å². The zero-order valence-corrected chi connectivity index (χ0v) is 9.83. The molecule has 14 heavy (non-hydrogen) atoms. The molecule has 3 nitrogen and oxygen atoms in total. The number of hydrogen-bond acceptors (Lipinski definition) is 2. The van der Waals surface area contributed by atoms with Gasteiger partial charge >= 0.3 is 0 Å². The van der Waals surface area contributed by atoms with E-state index in [1.54, 1.807) is 0 Å². The van der Waals surface area contributed by atoms with E-state index in [4.69, 9.17) is 0 Å². The lowest BCUT2D eigenvalue weighted by atomic mass is 9.86. The van der Waals surface area contributed by atoms with Gasteiger partial charge in [0.1, 0.15) is 0 Å². The van der Waals surface area contributed by atoms with Crippen molar-refractivity contribution in [3.8, 4) is 0 Å². The Balaban J connectivity index is 2.72. The van der Waals surface area contributed by atoms with Crippen LogP contribution in [-0.4, -0.2) is 16.8 Å². The maximum absolute atomic E-state index is 4.19. The van der Waals surface area contributed by atoms with Crippen LogP contribution in [0, 0.1) is 5.41 Å². The topological polar surface area (TPSA) is 29.9 Å². The van der Waals surface area contributed by atoms with Gasteiger partial charge in [-0.15, -0.1) is 0 Å². The molecule has 0 aliphatic rings. The molecular formula is C11H21N3. The molecule has 1 rings (SSSR count). The number of hydrogen-bond donors (Lipinski definition) is 1. The summed E-state index contributed by atoms with van der Waals surface area (Å²) in [5.41, 5.74) is 1.61. The maximum Gasteiger partial charge on any atom is 0.0537 e. The molecule has 0 bridgehead atoms. The fourth-order valence-corrected chi connectivity index (χ4v) is 1.62. The fraction of sp³-hybridized carbons (Fsp3) is 0.727. The lowest BCUT2D eigenvalue weighted by Crippen LogP contribution is -2.22. The first-order valence-electron chi connectivity index (χ1n) is 5.08. The number of rotatable bonds is 3. The van der Waals surface area contributed by atoms with Crippen molar-refractivity contribution < 1.29 is 0 Å². The van der Waals surface area contributed by atoms with E-state index < -0.39 is 0 Å². The van der Waals surface area contributed by atoms with Crippen LogP contribution in [-0.2, 0) is 7.05 Å². The Kier molecular flexibility index (Phi) is 3.32. The van der Waals surface area contributed by atoms with Gasteiger partial charge in [0.15, 0.2) is 0 Å². The number of nitrogens with zero attached hydrogens (tertiary/aromatic N) is 2. The van der Waals surface area contributed by atoms with E-state index in [0.29, 0.717) is 11.5 Å². The summed E-state index contributed by atoms with van der Waals surface area (Å²) in [6.45, 7) is 6.77. The summed E-state index contributed by atoms with van der Waals surface area (Å²) in [6.07, 6.45) is 5.13. The molecule has 1 atom stereocenters. The average molecular weight is 195 g/mol. The van der Waals surface area contributed by atoms with Crippen LogP contribution in [0.5, 0.6) is 0 Å². The second kappa shape index (κ2) is 4.13. The van der Waals surface area contributed by atoms with Crippen LogP contribution in [0.3, 0.4) is 0 Å². The largest absolute Gasteiger partial charge is 0.313 e. The predicted octanol–water partition coefficient (Wildman–Crippen LogP) is 2.12. The average Bonchev–Trinajstić information content (AvgIpc) is 2.46. The molecule has 1 unspecified atom stereocenters. The Labute approximate surface area is 86.5 Å². The number of nitrogens with one attached hydrogen (secondary N) is 1. The standard InChI is InChI=1S/C11H21N3/c1-11(2,3)6-10(12-4)9-7-13-14(5)8-9/h7-8,10,12H,6H2,1-5H3. The predicted molar refractivity (Wildman–Crippen MR) is 59.1 cm³/mol. The van der Waals surface area contributed by atoms with Gasteiger partial charge in [0.25, 0.3) is 0 Å². The van der Waals surface area contributed by atoms with E-state index in [0.717, 1.165) is 6.42 Å². The smallest absolute Gasteiger partial charge is 0.0537 e. The lowest BCUT2D eigenvalue weighted by molar-refractivity contribution is 0.320. The monoisotopic (exact) mass is 195 g/mol. The second-order valence-electron chi connectivity index (χ2n) is 5.05. The summed E-state index contributed by atoms with van der Waals surface area (Å²) in [5.74, 6) is 0. The summed E-state index contributed by atoms with van der Waals surface area (Å²) in [6, 6.07) is 0.406. The van der Waals surface area contributed by atoms with Crippen molar-refractivity contribution >= 4 is 0 Å². The van der Waals surface area contributed by atoms with E-state index in [2.05, 4.69) is 37.4 Å². The molecule has 1 aromatic rings. The minimum absolute atomic E-state index is 0.337. The van der Waals surface area contributed by atoms with Crippen LogP contribution in [0.4, 0.5) is 0 Å². The molecule has 0 radical (unpaired) electrons. The molecule has 0 aliphatic carbocycles. The second-order valence-corrected chi connectivity index (χ2v) is 5.05. The lowest BCUT2D eigenvalue weighted by Gasteiger charge is -2.24. The zero-order chi connectivity index (χ0) is 10.8. The molecular weight excluding hydrogens is 174 g/mol. The highest BCUT2D eigenvalue weighted by atomic mass is 15.2. The van der Waals surface area contributed by atoms with Gasteiger partial charge in [0.05, 0.1) is 6.20 Å². The summed E-state index contributed by atoms with van der Waals surface area (Å²) in [4.78, 5) is 0. The van der Waals surface area contributed by atoms with Crippen molar-refractivity contribution in [3.05, 3.63) is 18.0 Å². The van der Waals surface area contributed by atoms with Crippen molar-refractivity contribution in [2.45, 2.75) is 33.2 Å². The van der Waals surface area contributed by atoms with Crippen LogP contribution in [0.15, 0.2) is 12.4 Å². The quantitative estimate of drug-likeness (QED) is 0.800. The zero-order valence-electron chi connectivity index (χ0n) is 9.83. The summed E-state index contributed by atoms with van der Waals surface area (Å²) in [7, 11) is 3.96. The summed E-state index contributed by atoms with van der Waals surface area (Å²) >= 11 is 0. The first-order valence-corrected chi connectivity index (χ1v) is 5.08. The summed E-state index contributed by atoms with van der Waals surface area (Å²) < 4.78 is 1.85. The third-order valence-corrected chi connectivity index (χ3v) is 2.29. The van der Waals surface area contributed by atoms with Gasteiger partial charge in [0.2, 0.25) is 0 Å². The molecule has 0 aromatic carbocycles. The van der Waals surface area contributed by atoms with Gasteiger partial charge < -0.3 is 5.32 Å². The van der Waals surface area contributed by atoms with Crippen molar-refractivity contribution in [1.82, 2.24) is 15.1 Å². The van der Waals surface area contributed by atoms with Crippen molar-refractivity contribution in [1.29, 1.82) is 0 Å². The third kappa shape index (κ3) is 3.14. The summed E-state index contributed by atoms with van der Waals surface area (Å²) in [5, 5.41) is 7.53. The molecule has 1 heterocycles. The van der Waals surface area contributed by atoms with Crippen molar-refractivity contribution in [2.24, 2.45) is 12.5 Å². The van der Waals surface area contributed by atoms with Gasteiger partial charge in [-0.25, -0.2) is 0 Å². The highest BCUT2D eigenvalue weighted by Crippen LogP contribution is 2.28. The van der Waals surface area contributed by atoms with Crippen LogP contribution in [0.2, 0.25) is 0 Å². The molecule has 0 saturated carbocycles. The Morgan fingerprint density at radius 1 is 1.50 bits per heavy atom. The molecule has 3 heteroatoms. The molecule has 1 aromatic heterocycles. The van der Waals surface area contributed by atoms with Crippen LogP contribution < -0.4 is 5.32 Å². The molecule has 0 saturated heterocycles. The van der Waals surface area contributed by atoms with Crippen LogP contribution >= 0.6 is 0 Å². The van der Waals surface area contributed by atoms with Gasteiger partial charge in [0, 0.05) is 24.8 Å². The SMILES string of the molecule is CNC(CC(C)(C)C)c1cnn(C)c1. The molecule has 0 amide bonds. The minimum atomic E-state index is 0.337. The van der Waals surface area contributed by atoms with Gasteiger partial charge in [-0.05, 0) is 18.9 Å². The molecule has 0 aliphatic heterocycles. The molecule has 1 N–H and O–H groups in total. The van der Waals surface area contributed by atoms with Crippen LogP contribution in [0.25, 0.3) is 0 Å². The Morgan fingerprint density at radius 3 is 2.50 bits per heavy atom. The Morgan fingerprint density at radius 2 is 2.14 bits per heavy atom. The van der Waals surface area contributed by atoms with Gasteiger partial charge in [-0.3, -0.25) is 4.68 Å². The highest BCUT2D eigenvalue weighted by Gasteiger charge is 2.19.